The van der Waals surface area contributed by atoms with Gasteiger partial charge in [-0.05, 0) is 0 Å². The van der Waals surface area contributed by atoms with E-state index < -0.39 is 84.6 Å². The minimum Gasteiger partial charge on any atom is -0.386 e. The van der Waals surface area contributed by atoms with Crippen molar-refractivity contribution in [1.82, 2.24) is 30.2 Å². The van der Waals surface area contributed by atoms with Gasteiger partial charge in [0.05, 0.1) is 19.5 Å². The normalized spacial score (nSPS) is 21.8. The van der Waals surface area contributed by atoms with Gasteiger partial charge in [0.15, 0.2) is 22.8 Å². The predicted molar refractivity (Wildman–Crippen MR) is 185 cm³/mol. The molecule has 2 aromatic rings. The van der Waals surface area contributed by atoms with Crippen molar-refractivity contribution in [2.45, 2.75) is 63.8 Å². The smallest absolute Gasteiger partial charge is 0.386 e. The number of terminal acetylenes is 1. The first kappa shape index (κ1) is 45.5. The summed E-state index contributed by atoms with van der Waals surface area (Å²) in [4.78, 5) is 86.9. The van der Waals surface area contributed by atoms with Crippen molar-refractivity contribution in [3.05, 3.63) is 12.7 Å². The molecule has 3 heterocycles. The minimum atomic E-state index is -5.57. The number of anilines is 1. The summed E-state index contributed by atoms with van der Waals surface area (Å²) in [5, 5.41) is 26.1. The number of fused-ring (bicyclic) bond motifs is 1. The molecular formula is C26H40N7O17P3S. The fourth-order valence-corrected chi connectivity index (χ4v) is 8.05. The number of rotatable bonds is 21. The number of aliphatic hydroxyl groups is 2. The predicted octanol–water partition coefficient (Wildman–Crippen LogP) is -0.922. The SMILES string of the molecule is C#CCCC(=O)SCCNC(=O)CCNC(=O)[C@H](O)C(C)(C)COP(=O)(O)OP(=O)(O)OC[C@H]1O[C@@H](n2cnc3c(N)ncnc32)[C@@H](O)[C@H]1OP(=O)(O)O. The summed E-state index contributed by atoms with van der Waals surface area (Å²) in [6, 6.07) is 0. The maximum atomic E-state index is 12.6. The van der Waals surface area contributed by atoms with Gasteiger partial charge in [-0.3, -0.25) is 32.5 Å². The average molecular weight is 848 g/mol. The average Bonchev–Trinajstić information content (AvgIpc) is 3.63. The summed E-state index contributed by atoms with van der Waals surface area (Å²) in [7, 11) is -16.4. The van der Waals surface area contributed by atoms with Crippen LogP contribution < -0.4 is 16.4 Å². The number of carbonyl (C=O) groups is 3. The van der Waals surface area contributed by atoms with E-state index in [4.69, 9.17) is 25.9 Å². The zero-order chi connectivity index (χ0) is 40.5. The van der Waals surface area contributed by atoms with Gasteiger partial charge in [0, 0.05) is 43.5 Å². The number of amides is 2. The summed E-state index contributed by atoms with van der Waals surface area (Å²) >= 11 is 1.01. The quantitative estimate of drug-likeness (QED) is 0.0416. The lowest BCUT2D eigenvalue weighted by Gasteiger charge is -2.30. The molecule has 1 aliphatic rings. The Morgan fingerprint density at radius 2 is 1.78 bits per heavy atom. The number of nitrogens with two attached hydrogens (primary N) is 1. The molecule has 24 nitrogen and oxygen atoms in total. The highest BCUT2D eigenvalue weighted by Crippen LogP contribution is 2.61. The van der Waals surface area contributed by atoms with Crippen molar-refractivity contribution in [3.63, 3.8) is 0 Å². The Balaban J connectivity index is 1.51. The Labute approximate surface area is 311 Å². The molecule has 28 heteroatoms. The summed E-state index contributed by atoms with van der Waals surface area (Å²) in [5.41, 5.74) is 4.25. The van der Waals surface area contributed by atoms with Gasteiger partial charge in [0.1, 0.15) is 36.3 Å². The molecule has 1 fully saturated rings. The summed E-state index contributed by atoms with van der Waals surface area (Å²) in [5.74, 6) is 1.19. The number of phosphoric ester groups is 3. The van der Waals surface area contributed by atoms with E-state index >= 15 is 0 Å². The molecule has 10 N–H and O–H groups in total. The van der Waals surface area contributed by atoms with Crippen LogP contribution >= 0.6 is 35.2 Å². The Morgan fingerprint density at radius 3 is 2.44 bits per heavy atom. The lowest BCUT2D eigenvalue weighted by atomic mass is 9.87. The lowest BCUT2D eigenvalue weighted by molar-refractivity contribution is -0.137. The topological polar surface area (TPSA) is 364 Å². The van der Waals surface area contributed by atoms with E-state index in [2.05, 4.69) is 40.3 Å². The molecule has 302 valence electrons. The van der Waals surface area contributed by atoms with E-state index in [0.717, 1.165) is 29.0 Å². The number of hydrogen-bond acceptors (Lipinski definition) is 18. The van der Waals surface area contributed by atoms with Crippen molar-refractivity contribution in [3.8, 4) is 12.3 Å². The Kier molecular flexibility index (Phi) is 16.3. The second kappa shape index (κ2) is 19.3. The van der Waals surface area contributed by atoms with Crippen molar-refractivity contribution < 1.29 is 80.5 Å². The molecule has 54 heavy (non-hydrogen) atoms. The third-order valence-corrected chi connectivity index (χ3v) is 11.3. The monoisotopic (exact) mass is 847 g/mol. The molecule has 0 saturated carbocycles. The Hall–Kier alpha value is -2.88. The van der Waals surface area contributed by atoms with E-state index in [1.807, 2.05) is 0 Å². The van der Waals surface area contributed by atoms with Crippen molar-refractivity contribution in [1.29, 1.82) is 0 Å². The van der Waals surface area contributed by atoms with Crippen LogP contribution in [0.25, 0.3) is 11.2 Å². The van der Waals surface area contributed by atoms with Gasteiger partial charge in [0.2, 0.25) is 11.8 Å². The zero-order valence-electron chi connectivity index (χ0n) is 28.6. The number of nitrogens with one attached hydrogen (secondary N) is 2. The summed E-state index contributed by atoms with van der Waals surface area (Å²) in [6.45, 7) is 0.435. The highest BCUT2D eigenvalue weighted by atomic mass is 32.2. The van der Waals surface area contributed by atoms with E-state index in [-0.39, 0.29) is 48.0 Å². The molecule has 2 amide bonds. The lowest BCUT2D eigenvalue weighted by Crippen LogP contribution is -2.46. The number of imidazole rings is 1. The molecule has 3 rings (SSSR count). The molecule has 0 radical (unpaired) electrons. The number of phosphoric acid groups is 3. The number of carbonyl (C=O) groups excluding carboxylic acids is 3. The van der Waals surface area contributed by atoms with Crippen LogP contribution in [-0.4, -0.2) is 123 Å². The number of hydrogen-bond donors (Lipinski definition) is 9. The number of aliphatic hydroxyl groups excluding tert-OH is 2. The van der Waals surface area contributed by atoms with Crippen LogP contribution in [0.3, 0.4) is 0 Å². The van der Waals surface area contributed by atoms with Crippen LogP contribution in [0.15, 0.2) is 12.7 Å². The molecule has 2 unspecified atom stereocenters. The van der Waals surface area contributed by atoms with Crippen LogP contribution in [0.5, 0.6) is 0 Å². The third-order valence-electron chi connectivity index (χ3n) is 7.24. The number of ether oxygens (including phenoxy) is 1. The number of nitrogen functional groups attached to an aromatic ring is 1. The highest BCUT2D eigenvalue weighted by molar-refractivity contribution is 8.13. The molecule has 0 spiro atoms. The fraction of sp³-hybridized carbons (Fsp3) is 0.615. The molecule has 0 bridgehead atoms. The van der Waals surface area contributed by atoms with Gasteiger partial charge in [-0.15, -0.1) is 12.3 Å². The minimum absolute atomic E-state index is 0.0279. The molecule has 0 aromatic carbocycles. The van der Waals surface area contributed by atoms with Gasteiger partial charge < -0.3 is 50.9 Å². The van der Waals surface area contributed by atoms with Crippen LogP contribution in [-0.2, 0) is 50.7 Å². The molecule has 1 aliphatic heterocycles. The van der Waals surface area contributed by atoms with Crippen molar-refractivity contribution >= 4 is 69.1 Å². The fourth-order valence-electron chi connectivity index (χ4n) is 4.54. The third kappa shape index (κ3) is 13.7. The summed E-state index contributed by atoms with van der Waals surface area (Å²) in [6.07, 6.45) is -1.31. The van der Waals surface area contributed by atoms with Gasteiger partial charge in [-0.2, -0.15) is 4.31 Å². The maximum absolute atomic E-state index is 12.6. The van der Waals surface area contributed by atoms with Gasteiger partial charge in [0.25, 0.3) is 0 Å². The van der Waals surface area contributed by atoms with Gasteiger partial charge in [-0.1, -0.05) is 25.6 Å². The standard InChI is InChI=1S/C26H40N7O17P3S/c1-4-5-6-17(35)54-10-9-28-16(34)7-8-29-24(38)21(37)26(2,3)12-47-53(44,45)50-52(42,43)46-11-15-20(49-51(39,40)41)19(36)25(48-15)33-14-32-18-22(27)30-13-31-23(18)33/h1,13-15,19-21,25,36-37H,5-12H2,2-3H3,(H,28,34)(H,29,38)(H,42,43)(H,44,45)(H2,27,30,31)(H2,39,40,41)/t15-,19+,20+,21+,25-/m1/s1. The van der Waals surface area contributed by atoms with Crippen LogP contribution in [0.1, 0.15) is 39.3 Å². The molecule has 1 saturated heterocycles. The first-order chi connectivity index (χ1) is 25.1. The Morgan fingerprint density at radius 1 is 1.09 bits per heavy atom. The molecule has 0 aliphatic carbocycles. The first-order valence-electron chi connectivity index (χ1n) is 15.5. The van der Waals surface area contributed by atoms with E-state index in [1.165, 1.54) is 13.8 Å². The molecule has 2 aromatic heterocycles. The number of aromatic nitrogens is 4. The van der Waals surface area contributed by atoms with Crippen molar-refractivity contribution in [2.75, 3.05) is 37.8 Å². The maximum Gasteiger partial charge on any atom is 0.481 e. The second-order valence-electron chi connectivity index (χ2n) is 12.0. The largest absolute Gasteiger partial charge is 0.481 e. The highest BCUT2D eigenvalue weighted by Gasteiger charge is 2.50. The van der Waals surface area contributed by atoms with Crippen LogP contribution in [0.4, 0.5) is 5.82 Å². The molecule has 7 atom stereocenters. The molecular weight excluding hydrogens is 807 g/mol. The van der Waals surface area contributed by atoms with E-state index in [9.17, 15) is 57.9 Å². The van der Waals surface area contributed by atoms with E-state index in [1.54, 1.807) is 0 Å². The van der Waals surface area contributed by atoms with Crippen LogP contribution in [0, 0.1) is 17.8 Å². The zero-order valence-corrected chi connectivity index (χ0v) is 32.1. The van der Waals surface area contributed by atoms with Crippen LogP contribution in [0.2, 0.25) is 0 Å². The first-order valence-corrected chi connectivity index (χ1v) is 21.0. The summed E-state index contributed by atoms with van der Waals surface area (Å²) < 4.78 is 61.9. The second-order valence-corrected chi connectivity index (χ2v) is 17.4. The van der Waals surface area contributed by atoms with E-state index in [0.29, 0.717) is 12.2 Å². The van der Waals surface area contributed by atoms with Crippen molar-refractivity contribution in [2.24, 2.45) is 5.41 Å². The number of thioether (sulfide) groups is 1. The van der Waals surface area contributed by atoms with Gasteiger partial charge >= 0.3 is 23.5 Å². The van der Waals surface area contributed by atoms with Gasteiger partial charge in [-0.25, -0.2) is 28.6 Å². The Bertz CT molecular complexity index is 1840. The number of nitrogens with zero attached hydrogens (tertiary/aromatic N) is 4.